The highest BCUT2D eigenvalue weighted by Crippen LogP contribution is 2.36. The highest BCUT2D eigenvalue weighted by atomic mass is 19.4. The quantitative estimate of drug-likeness (QED) is 0.887. The second-order valence-electron chi connectivity index (χ2n) is 4.78. The number of para-hydroxylation sites is 1. The summed E-state index contributed by atoms with van der Waals surface area (Å²) in [7, 11) is 0. The van der Waals surface area contributed by atoms with E-state index in [9.17, 15) is 23.4 Å². The fraction of sp³-hybridized carbons (Fsp3) is 0.250. The lowest BCUT2D eigenvalue weighted by Gasteiger charge is -2.18. The van der Waals surface area contributed by atoms with Crippen molar-refractivity contribution in [3.63, 3.8) is 0 Å². The van der Waals surface area contributed by atoms with Crippen LogP contribution in [0.5, 0.6) is 11.5 Å². The van der Waals surface area contributed by atoms with E-state index in [1.807, 2.05) is 0 Å². The summed E-state index contributed by atoms with van der Waals surface area (Å²) in [4.78, 5) is 0. The molecule has 3 nitrogen and oxygen atoms in total. The maximum atomic E-state index is 12.9. The lowest BCUT2D eigenvalue weighted by Crippen LogP contribution is -2.16. The number of aromatic hydroxyl groups is 1. The van der Waals surface area contributed by atoms with E-state index in [2.05, 4.69) is 0 Å². The van der Waals surface area contributed by atoms with Crippen LogP contribution in [0.15, 0.2) is 48.5 Å². The Hall–Kier alpha value is -2.21. The van der Waals surface area contributed by atoms with Gasteiger partial charge in [0.2, 0.25) is 0 Å². The van der Waals surface area contributed by atoms with E-state index >= 15 is 0 Å². The van der Waals surface area contributed by atoms with Crippen molar-refractivity contribution in [2.24, 2.45) is 0 Å². The van der Waals surface area contributed by atoms with Crippen LogP contribution in [0.2, 0.25) is 0 Å². The summed E-state index contributed by atoms with van der Waals surface area (Å²) in [5.41, 5.74) is -0.179. The third kappa shape index (κ3) is 3.92. The number of ether oxygens (including phenoxy) is 1. The Morgan fingerprint density at radius 3 is 2.23 bits per heavy atom. The molecule has 0 spiro atoms. The van der Waals surface area contributed by atoms with Gasteiger partial charge in [0, 0.05) is 5.92 Å². The van der Waals surface area contributed by atoms with Crippen LogP contribution in [0.1, 0.15) is 17.0 Å². The van der Waals surface area contributed by atoms with Crippen molar-refractivity contribution < 1.29 is 28.1 Å². The van der Waals surface area contributed by atoms with E-state index < -0.39 is 17.7 Å². The molecule has 0 aromatic heterocycles. The van der Waals surface area contributed by atoms with Crippen molar-refractivity contribution in [1.82, 2.24) is 0 Å². The Morgan fingerprint density at radius 2 is 1.64 bits per heavy atom. The minimum absolute atomic E-state index is 0.0729. The molecule has 1 atom stereocenters. The molecule has 0 saturated heterocycles. The average Bonchev–Trinajstić information content (AvgIpc) is 2.49. The number of alkyl halides is 3. The first kappa shape index (κ1) is 16.2. The third-order valence-electron chi connectivity index (χ3n) is 3.22. The van der Waals surface area contributed by atoms with Crippen molar-refractivity contribution in [2.75, 3.05) is 13.2 Å². The van der Waals surface area contributed by atoms with Gasteiger partial charge in [-0.3, -0.25) is 0 Å². The van der Waals surface area contributed by atoms with Crippen LogP contribution in [0, 0.1) is 0 Å². The minimum atomic E-state index is -4.50. The van der Waals surface area contributed by atoms with Gasteiger partial charge in [0.05, 0.1) is 18.8 Å². The van der Waals surface area contributed by atoms with Gasteiger partial charge < -0.3 is 14.9 Å². The molecule has 0 radical (unpaired) electrons. The zero-order chi connectivity index (χ0) is 16.2. The molecule has 0 saturated carbocycles. The molecule has 0 aliphatic carbocycles. The molecule has 6 heteroatoms. The van der Waals surface area contributed by atoms with Gasteiger partial charge in [0.15, 0.2) is 0 Å². The number of hydrogen-bond donors (Lipinski definition) is 2. The molecule has 0 aliphatic heterocycles. The van der Waals surface area contributed by atoms with E-state index in [1.54, 1.807) is 12.1 Å². The van der Waals surface area contributed by atoms with Crippen LogP contribution < -0.4 is 4.74 Å². The molecule has 2 N–H and O–H groups in total. The second kappa shape index (κ2) is 6.70. The zero-order valence-corrected chi connectivity index (χ0v) is 11.5. The molecule has 2 aromatic carbocycles. The summed E-state index contributed by atoms with van der Waals surface area (Å²) in [5, 5.41) is 18.6. The summed E-state index contributed by atoms with van der Waals surface area (Å²) in [6, 6.07) is 11.0. The molecule has 0 aliphatic rings. The Balaban J connectivity index is 2.13. The van der Waals surface area contributed by atoms with Crippen molar-refractivity contribution in [1.29, 1.82) is 0 Å². The summed E-state index contributed by atoms with van der Waals surface area (Å²) < 4.78 is 43.9. The van der Waals surface area contributed by atoms with Gasteiger partial charge in [-0.2, -0.15) is 13.2 Å². The van der Waals surface area contributed by atoms with Crippen LogP contribution in [0.25, 0.3) is 0 Å². The van der Waals surface area contributed by atoms with E-state index in [1.165, 1.54) is 30.3 Å². The molecule has 2 rings (SSSR count). The van der Waals surface area contributed by atoms with E-state index in [4.69, 9.17) is 4.74 Å². The number of rotatable bonds is 5. The first-order valence-corrected chi connectivity index (χ1v) is 6.60. The van der Waals surface area contributed by atoms with Gasteiger partial charge in [-0.25, -0.2) is 0 Å². The number of aliphatic hydroxyl groups excluding tert-OH is 1. The fourth-order valence-electron chi connectivity index (χ4n) is 2.02. The second-order valence-corrected chi connectivity index (χ2v) is 4.78. The number of phenolic OH excluding ortho intramolecular Hbond substituents is 1. The SMILES string of the molecule is OCC(COc1ccccc1C(F)(F)F)c1ccc(O)cc1. The van der Waals surface area contributed by atoms with Crippen LogP contribution in [-0.2, 0) is 6.18 Å². The molecular formula is C16H15F3O3. The van der Waals surface area contributed by atoms with E-state index in [0.717, 1.165) is 6.07 Å². The number of hydrogen-bond acceptors (Lipinski definition) is 3. The van der Waals surface area contributed by atoms with Gasteiger partial charge in [0.25, 0.3) is 0 Å². The zero-order valence-electron chi connectivity index (χ0n) is 11.5. The Bertz CT molecular complexity index is 609. The monoisotopic (exact) mass is 312 g/mol. The predicted octanol–water partition coefficient (Wildman–Crippen LogP) is 3.57. The predicted molar refractivity (Wildman–Crippen MR) is 74.9 cm³/mol. The first-order valence-electron chi connectivity index (χ1n) is 6.60. The summed E-state index contributed by atoms with van der Waals surface area (Å²) >= 11 is 0. The highest BCUT2D eigenvalue weighted by Gasteiger charge is 2.34. The van der Waals surface area contributed by atoms with Crippen LogP contribution in [0.4, 0.5) is 13.2 Å². The summed E-state index contributed by atoms with van der Waals surface area (Å²) in [6.07, 6.45) is -4.50. The molecule has 0 amide bonds. The molecular weight excluding hydrogens is 297 g/mol. The van der Waals surface area contributed by atoms with Crippen LogP contribution in [-0.4, -0.2) is 23.4 Å². The third-order valence-corrected chi connectivity index (χ3v) is 3.22. The largest absolute Gasteiger partial charge is 0.508 e. The topological polar surface area (TPSA) is 49.7 Å². The summed E-state index contributed by atoms with van der Waals surface area (Å²) in [6.45, 7) is -0.382. The van der Waals surface area contributed by atoms with Crippen molar-refractivity contribution in [3.8, 4) is 11.5 Å². The normalized spacial score (nSPS) is 12.9. The number of phenols is 1. The van der Waals surface area contributed by atoms with Gasteiger partial charge in [0.1, 0.15) is 11.5 Å². The van der Waals surface area contributed by atoms with Crippen molar-refractivity contribution in [3.05, 3.63) is 59.7 Å². The molecule has 0 fully saturated rings. The van der Waals surface area contributed by atoms with Gasteiger partial charge >= 0.3 is 6.18 Å². The first-order chi connectivity index (χ1) is 10.4. The fourth-order valence-corrected chi connectivity index (χ4v) is 2.02. The smallest absolute Gasteiger partial charge is 0.419 e. The van der Waals surface area contributed by atoms with Crippen LogP contribution in [0.3, 0.4) is 0 Å². The van der Waals surface area contributed by atoms with Gasteiger partial charge in [-0.1, -0.05) is 24.3 Å². The van der Waals surface area contributed by atoms with Gasteiger partial charge in [-0.15, -0.1) is 0 Å². The van der Waals surface area contributed by atoms with E-state index in [-0.39, 0.29) is 24.7 Å². The minimum Gasteiger partial charge on any atom is -0.508 e. The average molecular weight is 312 g/mol. The maximum Gasteiger partial charge on any atom is 0.419 e. The maximum absolute atomic E-state index is 12.9. The molecule has 0 heterocycles. The standard InChI is InChI=1S/C16H15F3O3/c17-16(18,19)14-3-1-2-4-15(14)22-10-12(9-20)11-5-7-13(21)8-6-11/h1-8,12,20-21H,9-10H2. The Labute approximate surface area is 125 Å². The summed E-state index contributed by atoms with van der Waals surface area (Å²) in [5.74, 6) is -0.683. The molecule has 0 bridgehead atoms. The van der Waals surface area contributed by atoms with Crippen molar-refractivity contribution in [2.45, 2.75) is 12.1 Å². The molecule has 22 heavy (non-hydrogen) atoms. The lowest BCUT2D eigenvalue weighted by molar-refractivity contribution is -0.139. The Kier molecular flexibility index (Phi) is 4.92. The number of benzene rings is 2. The van der Waals surface area contributed by atoms with Crippen LogP contribution >= 0.6 is 0 Å². The lowest BCUT2D eigenvalue weighted by atomic mass is 10.0. The number of halogens is 3. The number of aliphatic hydroxyl groups is 1. The highest BCUT2D eigenvalue weighted by molar-refractivity contribution is 5.36. The Morgan fingerprint density at radius 1 is 1.00 bits per heavy atom. The molecule has 1 unspecified atom stereocenters. The van der Waals surface area contributed by atoms with E-state index in [0.29, 0.717) is 5.56 Å². The van der Waals surface area contributed by atoms with Gasteiger partial charge in [-0.05, 0) is 29.8 Å². The molecule has 118 valence electrons. The van der Waals surface area contributed by atoms with Crippen molar-refractivity contribution >= 4 is 0 Å². The molecule has 2 aromatic rings.